The van der Waals surface area contributed by atoms with E-state index in [9.17, 15) is 0 Å². The molecule has 1 aromatic carbocycles. The van der Waals surface area contributed by atoms with E-state index in [0.717, 1.165) is 27.0 Å². The second-order valence-electron chi connectivity index (χ2n) is 7.68. The highest BCUT2D eigenvalue weighted by molar-refractivity contribution is 7.99. The van der Waals surface area contributed by atoms with Gasteiger partial charge in [-0.15, -0.1) is 0 Å². The molecule has 1 fully saturated rings. The number of hydrogen-bond acceptors (Lipinski definition) is 5. The van der Waals surface area contributed by atoms with Gasteiger partial charge >= 0.3 is 0 Å². The second kappa shape index (κ2) is 9.14. The number of aromatic nitrogens is 2. The predicted octanol–water partition coefficient (Wildman–Crippen LogP) is 5.70. The molecule has 0 amide bonds. The maximum absolute atomic E-state index is 6.35. The Hall–Kier alpha value is -3.16. The van der Waals surface area contributed by atoms with Gasteiger partial charge in [0.2, 0.25) is 0 Å². The van der Waals surface area contributed by atoms with Crippen LogP contribution in [0.2, 0.25) is 0 Å². The Bertz CT molecular complexity index is 1200. The van der Waals surface area contributed by atoms with Crippen molar-refractivity contribution in [3.05, 3.63) is 108 Å². The van der Waals surface area contributed by atoms with Gasteiger partial charge < -0.3 is 14.6 Å². The monoisotopic (exact) mass is 458 g/mol. The van der Waals surface area contributed by atoms with Crippen LogP contribution in [0, 0.1) is 6.92 Å². The first-order chi connectivity index (χ1) is 15.7. The summed E-state index contributed by atoms with van der Waals surface area (Å²) < 4.78 is 6.35. The lowest BCUT2D eigenvalue weighted by Gasteiger charge is -2.26. The fraction of sp³-hybridized carbons (Fsp3) is 0.160. The Balaban J connectivity index is 1.47. The van der Waals surface area contributed by atoms with Crippen molar-refractivity contribution in [2.45, 2.75) is 35.5 Å². The molecule has 4 heterocycles. The molecule has 0 aliphatic carbocycles. The fourth-order valence-electron chi connectivity index (χ4n) is 3.84. The van der Waals surface area contributed by atoms with E-state index >= 15 is 0 Å². The van der Waals surface area contributed by atoms with Gasteiger partial charge in [0, 0.05) is 30.0 Å². The molecule has 0 unspecified atom stereocenters. The minimum absolute atomic E-state index is 0.103. The number of pyridine rings is 2. The molecular formula is C25H22N4OS2. The summed E-state index contributed by atoms with van der Waals surface area (Å²) in [6, 6.07) is 22.3. The van der Waals surface area contributed by atoms with Crippen LogP contribution in [-0.2, 0) is 6.54 Å². The van der Waals surface area contributed by atoms with E-state index in [1.807, 2.05) is 48.7 Å². The number of aryl methyl sites for hydroxylation is 1. The number of hydrogen-bond donors (Lipinski definition) is 1. The quantitative estimate of drug-likeness (QED) is 0.372. The zero-order valence-electron chi connectivity index (χ0n) is 17.5. The maximum Gasteiger partial charge on any atom is 0.170 e. The van der Waals surface area contributed by atoms with Crippen molar-refractivity contribution in [3.63, 3.8) is 0 Å². The smallest absolute Gasteiger partial charge is 0.170 e. The third-order valence-electron chi connectivity index (χ3n) is 5.43. The lowest BCUT2D eigenvalue weighted by Crippen LogP contribution is -2.29. The summed E-state index contributed by atoms with van der Waals surface area (Å²) in [6.45, 7) is 2.74. The van der Waals surface area contributed by atoms with Crippen LogP contribution >= 0.6 is 24.0 Å². The van der Waals surface area contributed by atoms with Gasteiger partial charge in [0.15, 0.2) is 10.2 Å². The van der Waals surface area contributed by atoms with Gasteiger partial charge in [0.25, 0.3) is 0 Å². The molecular weight excluding hydrogens is 436 g/mol. The van der Waals surface area contributed by atoms with Gasteiger partial charge in [-0.05, 0) is 73.2 Å². The molecule has 0 radical (unpaired) electrons. The average Bonchev–Trinajstić information content (AvgIpc) is 3.41. The van der Waals surface area contributed by atoms with Gasteiger partial charge in [-0.25, -0.2) is 0 Å². The molecule has 0 saturated carbocycles. The lowest BCUT2D eigenvalue weighted by atomic mass is 10.0. The first-order valence-electron chi connectivity index (χ1n) is 10.4. The summed E-state index contributed by atoms with van der Waals surface area (Å²) in [7, 11) is 0. The van der Waals surface area contributed by atoms with Crippen LogP contribution in [0.25, 0.3) is 0 Å². The molecule has 0 spiro atoms. The van der Waals surface area contributed by atoms with Crippen molar-refractivity contribution in [1.29, 1.82) is 0 Å². The molecule has 32 heavy (non-hydrogen) atoms. The van der Waals surface area contributed by atoms with Crippen LogP contribution in [-0.4, -0.2) is 20.0 Å². The molecule has 1 N–H and O–H groups in total. The normalized spacial score (nSPS) is 18.0. The maximum atomic E-state index is 6.35. The van der Waals surface area contributed by atoms with E-state index in [0.29, 0.717) is 11.7 Å². The standard InChI is InChI=1S/C25H22N4OS2/c1-17-5-7-19(8-6-17)32-22-10-9-21(30-22)24-23(20-4-2-3-13-27-20)28-25(31)29(24)16-18-11-14-26-15-12-18/h2-15,23-24H,16H2,1H3,(H,28,31)/t23-,24+/m0/s1. The van der Waals surface area contributed by atoms with E-state index in [-0.39, 0.29) is 12.1 Å². The predicted molar refractivity (Wildman–Crippen MR) is 129 cm³/mol. The van der Waals surface area contributed by atoms with Crippen molar-refractivity contribution in [1.82, 2.24) is 20.2 Å². The van der Waals surface area contributed by atoms with Crippen LogP contribution in [0.15, 0.2) is 99.7 Å². The van der Waals surface area contributed by atoms with Gasteiger partial charge in [0.05, 0.1) is 11.7 Å². The number of nitrogens with one attached hydrogen (secondary N) is 1. The molecule has 5 nitrogen and oxygen atoms in total. The van der Waals surface area contributed by atoms with Crippen LogP contribution in [0.4, 0.5) is 0 Å². The molecule has 0 bridgehead atoms. The van der Waals surface area contributed by atoms with Gasteiger partial charge in [-0.3, -0.25) is 9.97 Å². The Morgan fingerprint density at radius 2 is 1.81 bits per heavy atom. The molecule has 7 heteroatoms. The number of rotatable bonds is 6. The van der Waals surface area contributed by atoms with Crippen molar-refractivity contribution in [2.24, 2.45) is 0 Å². The Morgan fingerprint density at radius 1 is 1.00 bits per heavy atom. The molecule has 5 rings (SSSR count). The first kappa shape index (κ1) is 20.7. The third kappa shape index (κ3) is 4.40. The summed E-state index contributed by atoms with van der Waals surface area (Å²) in [5, 5.41) is 5.01. The van der Waals surface area contributed by atoms with Crippen LogP contribution in [0.1, 0.15) is 34.7 Å². The minimum Gasteiger partial charge on any atom is -0.452 e. The van der Waals surface area contributed by atoms with Gasteiger partial charge in [0.1, 0.15) is 11.8 Å². The van der Waals surface area contributed by atoms with E-state index < -0.39 is 0 Å². The molecule has 4 aromatic rings. The van der Waals surface area contributed by atoms with Crippen molar-refractivity contribution in [2.75, 3.05) is 0 Å². The van der Waals surface area contributed by atoms with E-state index in [1.165, 1.54) is 5.56 Å². The van der Waals surface area contributed by atoms with E-state index in [1.54, 1.807) is 24.2 Å². The lowest BCUT2D eigenvalue weighted by molar-refractivity contribution is 0.254. The van der Waals surface area contributed by atoms with E-state index in [4.69, 9.17) is 16.6 Å². The number of nitrogens with zero attached hydrogens (tertiary/aromatic N) is 3. The summed E-state index contributed by atoms with van der Waals surface area (Å²) in [5.74, 6) is 0.858. The molecule has 1 saturated heterocycles. The molecule has 1 aliphatic rings. The van der Waals surface area contributed by atoms with Gasteiger partial charge in [-0.1, -0.05) is 35.5 Å². The molecule has 1 aliphatic heterocycles. The van der Waals surface area contributed by atoms with Crippen LogP contribution in [0.3, 0.4) is 0 Å². The zero-order chi connectivity index (χ0) is 21.9. The SMILES string of the molecule is Cc1ccc(Sc2ccc([C@@H]3[C@H](c4ccccn4)NC(=S)N3Cc3ccncc3)o2)cc1. The van der Waals surface area contributed by atoms with Crippen molar-refractivity contribution in [3.8, 4) is 0 Å². The Labute approximate surface area is 196 Å². The largest absolute Gasteiger partial charge is 0.452 e. The summed E-state index contributed by atoms with van der Waals surface area (Å²) in [4.78, 5) is 12.0. The fourth-order valence-corrected chi connectivity index (χ4v) is 4.92. The molecule has 2 atom stereocenters. The highest BCUT2D eigenvalue weighted by atomic mass is 32.2. The highest BCUT2D eigenvalue weighted by Crippen LogP contribution is 2.41. The highest BCUT2D eigenvalue weighted by Gasteiger charge is 2.41. The zero-order valence-corrected chi connectivity index (χ0v) is 19.1. The van der Waals surface area contributed by atoms with Crippen LogP contribution in [0.5, 0.6) is 0 Å². The number of furan rings is 1. The van der Waals surface area contributed by atoms with Crippen LogP contribution < -0.4 is 5.32 Å². The summed E-state index contributed by atoms with van der Waals surface area (Å²) >= 11 is 7.36. The van der Waals surface area contributed by atoms with E-state index in [2.05, 4.69) is 51.4 Å². The van der Waals surface area contributed by atoms with Crippen molar-refractivity contribution >= 4 is 29.1 Å². The molecule has 3 aromatic heterocycles. The minimum atomic E-state index is -0.113. The first-order valence-corrected chi connectivity index (χ1v) is 11.6. The Kier molecular flexibility index (Phi) is 5.92. The third-order valence-corrected chi connectivity index (χ3v) is 6.71. The second-order valence-corrected chi connectivity index (χ2v) is 9.15. The number of thiocarbonyl (C=S) groups is 1. The summed E-state index contributed by atoms with van der Waals surface area (Å²) in [6.07, 6.45) is 5.41. The Morgan fingerprint density at radius 3 is 2.56 bits per heavy atom. The van der Waals surface area contributed by atoms with Gasteiger partial charge in [-0.2, -0.15) is 0 Å². The molecule has 160 valence electrons. The number of benzene rings is 1. The van der Waals surface area contributed by atoms with Crippen molar-refractivity contribution < 1.29 is 4.42 Å². The average molecular weight is 459 g/mol. The summed E-state index contributed by atoms with van der Waals surface area (Å²) in [5.41, 5.74) is 3.31. The topological polar surface area (TPSA) is 54.2 Å².